The number of carbonyl (C=O) groups excluding carboxylic acids is 2. The Morgan fingerprint density at radius 2 is 1.97 bits per heavy atom. The number of amides is 1. The minimum absolute atomic E-state index is 0.0163. The number of allylic oxidation sites excluding steroid dienone is 1. The van der Waals surface area contributed by atoms with Crippen LogP contribution in [0.15, 0.2) is 16.1 Å². The molecule has 0 bridgehead atoms. The van der Waals surface area contributed by atoms with Crippen LogP contribution in [0.1, 0.15) is 50.8 Å². The zero-order chi connectivity index (χ0) is 21.8. The highest BCUT2D eigenvalue weighted by atomic mass is 35.5. The van der Waals surface area contributed by atoms with Gasteiger partial charge in [0.25, 0.3) is 0 Å². The number of carbonyl (C=O) groups is 2. The maximum Gasteiger partial charge on any atom is 0.225 e. The van der Waals surface area contributed by atoms with Gasteiger partial charge < -0.3 is 10.6 Å². The SMILES string of the molecule is CC1=C(C(=O)C[C@@H](C)C(=O)N2CCC(CCc3c(C)nc(Cl)nc3N)CC2)C=NC1. The smallest absolute Gasteiger partial charge is 0.225 e. The Kier molecular flexibility index (Phi) is 7.23. The molecule has 3 rings (SSSR count). The van der Waals surface area contributed by atoms with Crippen LogP contribution < -0.4 is 5.73 Å². The van der Waals surface area contributed by atoms with E-state index >= 15 is 0 Å². The standard InChI is InChI=1S/C22H30ClN5O2/c1-13(10-19(29)18-12-25-11-14(18)2)21(30)28-8-6-16(7-9-28)4-5-17-15(3)26-22(23)27-20(17)24/h12-13,16H,4-11H2,1-3H3,(H2,24,26,27)/t13-/m1/s1. The predicted octanol–water partition coefficient (Wildman–Crippen LogP) is 3.19. The van der Waals surface area contributed by atoms with Crippen molar-refractivity contribution in [2.75, 3.05) is 25.4 Å². The lowest BCUT2D eigenvalue weighted by Crippen LogP contribution is -2.41. The fraction of sp³-hybridized carbons (Fsp3) is 0.591. The Balaban J connectivity index is 1.47. The molecule has 1 amide bonds. The van der Waals surface area contributed by atoms with E-state index in [1.165, 1.54) is 0 Å². The molecular formula is C22H30ClN5O2. The van der Waals surface area contributed by atoms with Crippen molar-refractivity contribution in [2.45, 2.75) is 52.9 Å². The van der Waals surface area contributed by atoms with Gasteiger partial charge in [-0.15, -0.1) is 0 Å². The number of hydrogen-bond acceptors (Lipinski definition) is 6. The van der Waals surface area contributed by atoms with Gasteiger partial charge in [0.15, 0.2) is 5.78 Å². The third kappa shape index (κ3) is 5.25. The first-order valence-corrected chi connectivity index (χ1v) is 10.9. The van der Waals surface area contributed by atoms with Crippen molar-refractivity contribution >= 4 is 35.3 Å². The van der Waals surface area contributed by atoms with Gasteiger partial charge in [-0.05, 0) is 62.6 Å². The monoisotopic (exact) mass is 431 g/mol. The Bertz CT molecular complexity index is 865. The molecule has 2 aliphatic heterocycles. The van der Waals surface area contributed by atoms with Crippen molar-refractivity contribution < 1.29 is 9.59 Å². The molecule has 3 heterocycles. The van der Waals surface area contributed by atoms with Gasteiger partial charge in [0.05, 0.1) is 6.54 Å². The van der Waals surface area contributed by atoms with Gasteiger partial charge in [0.1, 0.15) is 5.82 Å². The molecule has 7 nitrogen and oxygen atoms in total. The van der Waals surface area contributed by atoms with Crippen LogP contribution in [0, 0.1) is 18.8 Å². The molecule has 8 heteroatoms. The largest absolute Gasteiger partial charge is 0.383 e. The third-order valence-corrected chi connectivity index (χ3v) is 6.34. The topological polar surface area (TPSA) is 102 Å². The number of likely N-dealkylation sites (tertiary alicyclic amines) is 1. The summed E-state index contributed by atoms with van der Waals surface area (Å²) < 4.78 is 0. The van der Waals surface area contributed by atoms with Crippen molar-refractivity contribution in [2.24, 2.45) is 16.8 Å². The molecule has 1 saturated heterocycles. The molecule has 1 aromatic rings. The lowest BCUT2D eigenvalue weighted by atomic mass is 9.89. The predicted molar refractivity (Wildman–Crippen MR) is 119 cm³/mol. The van der Waals surface area contributed by atoms with E-state index in [1.54, 1.807) is 6.21 Å². The van der Waals surface area contributed by atoms with Crippen LogP contribution in [-0.2, 0) is 16.0 Å². The van der Waals surface area contributed by atoms with Gasteiger partial charge in [0.2, 0.25) is 11.2 Å². The summed E-state index contributed by atoms with van der Waals surface area (Å²) in [6.45, 7) is 7.72. The Labute approximate surface area is 182 Å². The summed E-state index contributed by atoms with van der Waals surface area (Å²) in [5.41, 5.74) is 9.46. The molecule has 0 radical (unpaired) electrons. The summed E-state index contributed by atoms with van der Waals surface area (Å²) in [7, 11) is 0. The number of hydrogen-bond donors (Lipinski definition) is 1. The average Bonchev–Trinajstić information content (AvgIpc) is 3.13. The second-order valence-corrected chi connectivity index (χ2v) is 8.78. The van der Waals surface area contributed by atoms with Gasteiger partial charge in [0, 0.05) is 48.5 Å². The average molecular weight is 432 g/mol. The van der Waals surface area contributed by atoms with E-state index in [2.05, 4.69) is 15.0 Å². The quantitative estimate of drug-likeness (QED) is 0.668. The molecule has 1 atom stereocenters. The number of halogens is 1. The molecule has 0 unspecified atom stereocenters. The molecule has 30 heavy (non-hydrogen) atoms. The third-order valence-electron chi connectivity index (χ3n) is 6.17. The molecule has 0 saturated carbocycles. The van der Waals surface area contributed by atoms with Crippen LogP contribution in [0.3, 0.4) is 0 Å². The van der Waals surface area contributed by atoms with Crippen molar-refractivity contribution in [3.05, 3.63) is 27.7 Å². The molecule has 1 fully saturated rings. The number of aryl methyl sites for hydroxylation is 1. The molecule has 2 aliphatic rings. The highest BCUT2D eigenvalue weighted by Gasteiger charge is 2.28. The van der Waals surface area contributed by atoms with Crippen LogP contribution >= 0.6 is 11.6 Å². The van der Waals surface area contributed by atoms with Crippen LogP contribution in [-0.4, -0.2) is 52.4 Å². The number of Topliss-reactive ketones (excluding diaryl/α,β-unsaturated/α-hetero) is 1. The minimum Gasteiger partial charge on any atom is -0.383 e. The molecule has 162 valence electrons. The molecular weight excluding hydrogens is 402 g/mol. The van der Waals surface area contributed by atoms with Crippen LogP contribution in [0.4, 0.5) is 5.82 Å². The number of nitrogens with zero attached hydrogens (tertiary/aromatic N) is 4. The second-order valence-electron chi connectivity index (χ2n) is 8.44. The molecule has 0 spiro atoms. The summed E-state index contributed by atoms with van der Waals surface area (Å²) in [5, 5.41) is 0.180. The van der Waals surface area contributed by atoms with E-state index in [-0.39, 0.29) is 29.3 Å². The fourth-order valence-corrected chi connectivity index (χ4v) is 4.47. The zero-order valence-corrected chi connectivity index (χ0v) is 18.7. The van der Waals surface area contributed by atoms with Gasteiger partial charge in [-0.3, -0.25) is 14.6 Å². The number of anilines is 1. The zero-order valence-electron chi connectivity index (χ0n) is 17.9. The van der Waals surface area contributed by atoms with E-state index in [0.717, 1.165) is 55.6 Å². The van der Waals surface area contributed by atoms with E-state index in [0.29, 0.717) is 23.9 Å². The highest BCUT2D eigenvalue weighted by molar-refractivity contribution is 6.28. The van der Waals surface area contributed by atoms with Gasteiger partial charge in [-0.2, -0.15) is 0 Å². The summed E-state index contributed by atoms with van der Waals surface area (Å²) in [6.07, 6.45) is 5.59. The first-order chi connectivity index (χ1) is 14.3. The van der Waals surface area contributed by atoms with Crippen molar-refractivity contribution in [1.82, 2.24) is 14.9 Å². The highest BCUT2D eigenvalue weighted by Crippen LogP contribution is 2.26. The molecule has 1 aromatic heterocycles. The number of piperidine rings is 1. The number of aliphatic imine (C=N–C) groups is 1. The van der Waals surface area contributed by atoms with Gasteiger partial charge >= 0.3 is 0 Å². The summed E-state index contributed by atoms with van der Waals surface area (Å²) >= 11 is 5.85. The number of nitrogens with two attached hydrogens (primary N) is 1. The van der Waals surface area contributed by atoms with Crippen molar-refractivity contribution in [3.8, 4) is 0 Å². The first kappa shape index (κ1) is 22.4. The lowest BCUT2D eigenvalue weighted by molar-refractivity contribution is -0.138. The van der Waals surface area contributed by atoms with E-state index in [1.807, 2.05) is 25.7 Å². The second kappa shape index (κ2) is 9.69. The van der Waals surface area contributed by atoms with E-state index in [4.69, 9.17) is 17.3 Å². The van der Waals surface area contributed by atoms with Crippen molar-refractivity contribution in [3.63, 3.8) is 0 Å². The number of nitrogen functional groups attached to an aromatic ring is 1. The number of rotatable bonds is 7. The Hall–Kier alpha value is -2.28. The fourth-order valence-electron chi connectivity index (χ4n) is 4.25. The first-order valence-electron chi connectivity index (χ1n) is 10.6. The normalized spacial score (nSPS) is 18.2. The van der Waals surface area contributed by atoms with E-state index < -0.39 is 0 Å². The Morgan fingerprint density at radius 3 is 2.57 bits per heavy atom. The van der Waals surface area contributed by atoms with Crippen LogP contribution in [0.2, 0.25) is 5.28 Å². The molecule has 0 aliphatic carbocycles. The summed E-state index contributed by atoms with van der Waals surface area (Å²) in [5.74, 6) is 0.764. The molecule has 0 aromatic carbocycles. The van der Waals surface area contributed by atoms with Crippen LogP contribution in [0.25, 0.3) is 0 Å². The van der Waals surface area contributed by atoms with Crippen LogP contribution in [0.5, 0.6) is 0 Å². The summed E-state index contributed by atoms with van der Waals surface area (Å²) in [4.78, 5) is 39.6. The van der Waals surface area contributed by atoms with Crippen molar-refractivity contribution in [1.29, 1.82) is 0 Å². The summed E-state index contributed by atoms with van der Waals surface area (Å²) in [6, 6.07) is 0. The number of ketones is 1. The number of aromatic nitrogens is 2. The maximum atomic E-state index is 12.8. The lowest BCUT2D eigenvalue weighted by Gasteiger charge is -2.33. The minimum atomic E-state index is -0.308. The maximum absolute atomic E-state index is 12.8. The van der Waals surface area contributed by atoms with E-state index in [9.17, 15) is 9.59 Å². The molecule has 2 N–H and O–H groups in total. The van der Waals surface area contributed by atoms with Gasteiger partial charge in [-0.1, -0.05) is 6.92 Å². The Morgan fingerprint density at radius 1 is 1.27 bits per heavy atom. The van der Waals surface area contributed by atoms with Gasteiger partial charge in [-0.25, -0.2) is 9.97 Å².